The lowest BCUT2D eigenvalue weighted by atomic mass is 10.3. The van der Waals surface area contributed by atoms with Gasteiger partial charge in [-0.15, -0.1) is 0 Å². The standard InChI is InChI=1S/C9H16N2O/c1-4-11(5-2)7-9-6-8(3)10-12-9/h6H,4-5,7H2,1-3H3. The summed E-state index contributed by atoms with van der Waals surface area (Å²) in [5.41, 5.74) is 0.956. The van der Waals surface area contributed by atoms with E-state index in [1.165, 1.54) is 0 Å². The first-order valence-electron chi connectivity index (χ1n) is 4.40. The Balaban J connectivity index is 2.50. The number of aryl methyl sites for hydroxylation is 1. The molecule has 0 aliphatic rings. The molecule has 0 aliphatic carbocycles. The van der Waals surface area contributed by atoms with Gasteiger partial charge in [0.05, 0.1) is 12.2 Å². The first-order chi connectivity index (χ1) is 5.76. The van der Waals surface area contributed by atoms with Crippen LogP contribution in [0.3, 0.4) is 0 Å². The highest BCUT2D eigenvalue weighted by Gasteiger charge is 2.04. The van der Waals surface area contributed by atoms with E-state index in [0.717, 1.165) is 31.1 Å². The normalized spacial score (nSPS) is 11.0. The van der Waals surface area contributed by atoms with E-state index in [-0.39, 0.29) is 0 Å². The summed E-state index contributed by atoms with van der Waals surface area (Å²) < 4.78 is 5.11. The maximum absolute atomic E-state index is 5.11. The molecule has 0 aliphatic heterocycles. The molecular formula is C9H16N2O. The average Bonchev–Trinajstić information content (AvgIpc) is 2.47. The van der Waals surface area contributed by atoms with E-state index in [0.29, 0.717) is 0 Å². The first kappa shape index (κ1) is 9.26. The summed E-state index contributed by atoms with van der Waals surface area (Å²) in [6.45, 7) is 9.20. The van der Waals surface area contributed by atoms with Gasteiger partial charge in [-0.25, -0.2) is 0 Å². The van der Waals surface area contributed by atoms with Crippen molar-refractivity contribution in [3.05, 3.63) is 17.5 Å². The van der Waals surface area contributed by atoms with Crippen LogP contribution >= 0.6 is 0 Å². The fraction of sp³-hybridized carbons (Fsp3) is 0.667. The van der Waals surface area contributed by atoms with Gasteiger partial charge in [-0.1, -0.05) is 19.0 Å². The van der Waals surface area contributed by atoms with Gasteiger partial charge in [0.1, 0.15) is 0 Å². The molecule has 0 unspecified atom stereocenters. The molecule has 12 heavy (non-hydrogen) atoms. The van der Waals surface area contributed by atoms with Crippen LogP contribution in [0.4, 0.5) is 0 Å². The summed E-state index contributed by atoms with van der Waals surface area (Å²) in [5.74, 6) is 0.955. The van der Waals surface area contributed by atoms with E-state index < -0.39 is 0 Å². The van der Waals surface area contributed by atoms with Crippen LogP contribution in [-0.4, -0.2) is 23.1 Å². The van der Waals surface area contributed by atoms with Crippen LogP contribution in [0.25, 0.3) is 0 Å². The Morgan fingerprint density at radius 2 is 2.08 bits per heavy atom. The molecule has 1 aromatic heterocycles. The Morgan fingerprint density at radius 1 is 1.42 bits per heavy atom. The molecular weight excluding hydrogens is 152 g/mol. The van der Waals surface area contributed by atoms with Gasteiger partial charge in [-0.3, -0.25) is 4.90 Å². The zero-order valence-electron chi connectivity index (χ0n) is 8.00. The van der Waals surface area contributed by atoms with E-state index in [2.05, 4.69) is 23.9 Å². The Bertz CT molecular complexity index is 228. The van der Waals surface area contributed by atoms with Gasteiger partial charge in [0.25, 0.3) is 0 Å². The molecule has 0 amide bonds. The zero-order valence-corrected chi connectivity index (χ0v) is 8.00. The van der Waals surface area contributed by atoms with Gasteiger partial charge < -0.3 is 4.52 Å². The number of hydrogen-bond donors (Lipinski definition) is 0. The van der Waals surface area contributed by atoms with Crippen LogP contribution in [-0.2, 0) is 6.54 Å². The minimum absolute atomic E-state index is 0.869. The van der Waals surface area contributed by atoms with Crippen molar-refractivity contribution in [1.29, 1.82) is 0 Å². The summed E-state index contributed by atoms with van der Waals surface area (Å²) in [5, 5.41) is 3.84. The molecule has 0 atom stereocenters. The molecule has 1 rings (SSSR count). The molecule has 0 spiro atoms. The maximum atomic E-state index is 5.11. The van der Waals surface area contributed by atoms with E-state index in [4.69, 9.17) is 4.52 Å². The molecule has 3 heteroatoms. The van der Waals surface area contributed by atoms with Crippen molar-refractivity contribution in [1.82, 2.24) is 10.1 Å². The molecule has 68 valence electrons. The summed E-state index contributed by atoms with van der Waals surface area (Å²) in [4.78, 5) is 2.29. The molecule has 0 N–H and O–H groups in total. The average molecular weight is 168 g/mol. The highest BCUT2D eigenvalue weighted by atomic mass is 16.5. The van der Waals surface area contributed by atoms with Gasteiger partial charge in [-0.05, 0) is 20.0 Å². The third-order valence-corrected chi connectivity index (χ3v) is 1.95. The van der Waals surface area contributed by atoms with Crippen molar-refractivity contribution in [2.75, 3.05) is 13.1 Å². The van der Waals surface area contributed by atoms with E-state index in [1.807, 2.05) is 13.0 Å². The lowest BCUT2D eigenvalue weighted by Gasteiger charge is -2.14. The van der Waals surface area contributed by atoms with Crippen molar-refractivity contribution >= 4 is 0 Å². The third-order valence-electron chi connectivity index (χ3n) is 1.95. The Kier molecular flexibility index (Phi) is 3.29. The number of nitrogens with zero attached hydrogens (tertiary/aromatic N) is 2. The molecule has 1 aromatic rings. The van der Waals surface area contributed by atoms with E-state index in [1.54, 1.807) is 0 Å². The van der Waals surface area contributed by atoms with Gasteiger partial charge in [0, 0.05) is 6.07 Å². The van der Waals surface area contributed by atoms with Crippen molar-refractivity contribution in [2.45, 2.75) is 27.3 Å². The fourth-order valence-electron chi connectivity index (χ4n) is 1.16. The largest absolute Gasteiger partial charge is 0.360 e. The van der Waals surface area contributed by atoms with Gasteiger partial charge in [0.15, 0.2) is 5.76 Å². The first-order valence-corrected chi connectivity index (χ1v) is 4.40. The number of hydrogen-bond acceptors (Lipinski definition) is 3. The third kappa shape index (κ3) is 2.34. The predicted octanol–water partition coefficient (Wildman–Crippen LogP) is 1.82. The van der Waals surface area contributed by atoms with Gasteiger partial charge in [-0.2, -0.15) is 0 Å². The Hall–Kier alpha value is -0.830. The molecule has 0 saturated carbocycles. The van der Waals surface area contributed by atoms with Crippen LogP contribution < -0.4 is 0 Å². The lowest BCUT2D eigenvalue weighted by Crippen LogP contribution is -2.21. The second-order valence-corrected chi connectivity index (χ2v) is 2.90. The molecule has 1 heterocycles. The molecule has 0 fully saturated rings. The van der Waals surface area contributed by atoms with E-state index >= 15 is 0 Å². The highest BCUT2D eigenvalue weighted by Crippen LogP contribution is 2.05. The Labute approximate surface area is 73.3 Å². The topological polar surface area (TPSA) is 29.3 Å². The van der Waals surface area contributed by atoms with Crippen molar-refractivity contribution in [3.63, 3.8) is 0 Å². The summed E-state index contributed by atoms with van der Waals surface area (Å²) >= 11 is 0. The SMILES string of the molecule is CCN(CC)Cc1cc(C)no1. The number of rotatable bonds is 4. The summed E-state index contributed by atoms with van der Waals surface area (Å²) in [7, 11) is 0. The highest BCUT2D eigenvalue weighted by molar-refractivity contribution is 5.02. The van der Waals surface area contributed by atoms with Gasteiger partial charge >= 0.3 is 0 Å². The van der Waals surface area contributed by atoms with Crippen LogP contribution in [0.5, 0.6) is 0 Å². The van der Waals surface area contributed by atoms with Crippen LogP contribution in [0.1, 0.15) is 25.3 Å². The second-order valence-electron chi connectivity index (χ2n) is 2.90. The van der Waals surface area contributed by atoms with Crippen LogP contribution in [0, 0.1) is 6.92 Å². The summed E-state index contributed by atoms with van der Waals surface area (Å²) in [6.07, 6.45) is 0. The minimum atomic E-state index is 0.869. The van der Waals surface area contributed by atoms with Gasteiger partial charge in [0.2, 0.25) is 0 Å². The quantitative estimate of drug-likeness (QED) is 0.686. The summed E-state index contributed by atoms with van der Waals surface area (Å²) in [6, 6.07) is 1.98. The molecule has 0 bridgehead atoms. The maximum Gasteiger partial charge on any atom is 0.150 e. The minimum Gasteiger partial charge on any atom is -0.360 e. The van der Waals surface area contributed by atoms with Crippen LogP contribution in [0.2, 0.25) is 0 Å². The second kappa shape index (κ2) is 4.26. The predicted molar refractivity (Wildman–Crippen MR) is 47.9 cm³/mol. The van der Waals surface area contributed by atoms with Crippen LogP contribution in [0.15, 0.2) is 10.6 Å². The van der Waals surface area contributed by atoms with Crippen molar-refractivity contribution < 1.29 is 4.52 Å². The monoisotopic (exact) mass is 168 g/mol. The smallest absolute Gasteiger partial charge is 0.150 e. The lowest BCUT2D eigenvalue weighted by molar-refractivity contribution is 0.251. The van der Waals surface area contributed by atoms with Crippen molar-refractivity contribution in [2.24, 2.45) is 0 Å². The molecule has 3 nitrogen and oxygen atoms in total. The van der Waals surface area contributed by atoms with E-state index in [9.17, 15) is 0 Å². The molecule has 0 saturated heterocycles. The molecule has 0 aromatic carbocycles. The van der Waals surface area contributed by atoms with Crippen molar-refractivity contribution in [3.8, 4) is 0 Å². The fourth-order valence-corrected chi connectivity index (χ4v) is 1.16. The molecule has 0 radical (unpaired) electrons. The number of aromatic nitrogens is 1. The Morgan fingerprint density at radius 3 is 2.50 bits per heavy atom. The zero-order chi connectivity index (χ0) is 8.97.